The minimum absolute atomic E-state index is 0.104. The summed E-state index contributed by atoms with van der Waals surface area (Å²) in [6.45, 7) is 8.99. The van der Waals surface area contributed by atoms with Crippen LogP contribution in [0, 0.1) is 5.92 Å². The molecule has 1 heterocycles. The number of nitrogens with zero attached hydrogens (tertiary/aromatic N) is 1. The van der Waals surface area contributed by atoms with E-state index in [9.17, 15) is 8.42 Å². The molecule has 0 aliphatic carbocycles. The van der Waals surface area contributed by atoms with Crippen LogP contribution in [0.3, 0.4) is 0 Å². The summed E-state index contributed by atoms with van der Waals surface area (Å²) in [5.74, 6) is 0.503. The zero-order chi connectivity index (χ0) is 14.5. The topological polar surface area (TPSA) is 37.4 Å². The fourth-order valence-corrected chi connectivity index (χ4v) is 5.20. The van der Waals surface area contributed by atoms with Crippen LogP contribution in [0.2, 0.25) is 0 Å². The maximum atomic E-state index is 12.7. The summed E-state index contributed by atoms with van der Waals surface area (Å²) < 4.78 is 27.6. The summed E-state index contributed by atoms with van der Waals surface area (Å²) in [6.07, 6.45) is 2.63. The molecule has 5 heteroatoms. The molecule has 1 aromatic rings. The minimum Gasteiger partial charge on any atom is -0.206 e. The van der Waals surface area contributed by atoms with Gasteiger partial charge in [-0.05, 0) is 36.6 Å². The van der Waals surface area contributed by atoms with E-state index in [0.29, 0.717) is 16.7 Å². The molecule has 19 heavy (non-hydrogen) atoms. The van der Waals surface area contributed by atoms with Gasteiger partial charge in [-0.15, -0.1) is 11.3 Å². The van der Waals surface area contributed by atoms with Crippen molar-refractivity contribution >= 4 is 21.4 Å². The summed E-state index contributed by atoms with van der Waals surface area (Å²) in [5, 5.41) is 1.82. The molecule has 0 amide bonds. The predicted octanol–water partition coefficient (Wildman–Crippen LogP) is 3.97. The van der Waals surface area contributed by atoms with Crippen LogP contribution in [0.5, 0.6) is 0 Å². The Balaban J connectivity index is 3.05. The van der Waals surface area contributed by atoms with Gasteiger partial charge in [0, 0.05) is 12.6 Å². The third-order valence-electron chi connectivity index (χ3n) is 3.12. The summed E-state index contributed by atoms with van der Waals surface area (Å²) in [7, 11) is -3.32. The van der Waals surface area contributed by atoms with Gasteiger partial charge in [0.05, 0.1) is 0 Å². The zero-order valence-corrected chi connectivity index (χ0v) is 13.9. The molecule has 1 rings (SSSR count). The summed E-state index contributed by atoms with van der Waals surface area (Å²) >= 11 is 1.30. The Labute approximate surface area is 121 Å². The summed E-state index contributed by atoms with van der Waals surface area (Å²) in [5.41, 5.74) is 0. The molecule has 0 saturated carbocycles. The first-order chi connectivity index (χ1) is 8.93. The van der Waals surface area contributed by atoms with Gasteiger partial charge in [-0.25, -0.2) is 8.42 Å². The smallest absolute Gasteiger partial charge is 0.206 e. The maximum absolute atomic E-state index is 12.7. The van der Waals surface area contributed by atoms with Crippen molar-refractivity contribution in [2.45, 2.75) is 57.2 Å². The van der Waals surface area contributed by atoms with E-state index in [1.807, 2.05) is 12.3 Å². The predicted molar refractivity (Wildman–Crippen MR) is 82.0 cm³/mol. The summed E-state index contributed by atoms with van der Waals surface area (Å²) in [4.78, 5) is 0. The lowest BCUT2D eigenvalue weighted by Gasteiger charge is -2.30. The molecule has 0 spiro atoms. The van der Waals surface area contributed by atoms with Crippen LogP contribution in [-0.2, 0) is 10.0 Å². The minimum atomic E-state index is -3.32. The maximum Gasteiger partial charge on any atom is 0.252 e. The van der Waals surface area contributed by atoms with Crippen molar-refractivity contribution in [3.05, 3.63) is 17.5 Å². The summed E-state index contributed by atoms with van der Waals surface area (Å²) in [6, 6.07) is 3.60. The van der Waals surface area contributed by atoms with Crippen LogP contribution < -0.4 is 0 Å². The van der Waals surface area contributed by atoms with Gasteiger partial charge in [-0.2, -0.15) is 4.31 Å². The van der Waals surface area contributed by atoms with E-state index >= 15 is 0 Å². The standard InChI is InChI=1S/C14H25NO2S2/c1-5-9-15(13(6-2)11-12(3)4)19(16,17)14-8-7-10-18-14/h7-8,10,12-13H,5-6,9,11H2,1-4H3. The lowest BCUT2D eigenvalue weighted by molar-refractivity contribution is 0.273. The molecule has 1 atom stereocenters. The highest BCUT2D eigenvalue weighted by molar-refractivity contribution is 7.91. The van der Waals surface area contributed by atoms with Gasteiger partial charge >= 0.3 is 0 Å². The number of hydrogen-bond donors (Lipinski definition) is 0. The molecule has 1 aromatic heterocycles. The molecule has 0 bridgehead atoms. The molecule has 110 valence electrons. The Bertz CT molecular complexity index is 452. The van der Waals surface area contributed by atoms with Crippen LogP contribution in [0.25, 0.3) is 0 Å². The Morgan fingerprint density at radius 2 is 2.00 bits per heavy atom. The first-order valence-electron chi connectivity index (χ1n) is 6.98. The second-order valence-electron chi connectivity index (χ2n) is 5.24. The molecule has 0 radical (unpaired) electrons. The highest BCUT2D eigenvalue weighted by atomic mass is 32.2. The van der Waals surface area contributed by atoms with E-state index in [0.717, 1.165) is 19.3 Å². The zero-order valence-electron chi connectivity index (χ0n) is 12.3. The van der Waals surface area contributed by atoms with Crippen molar-refractivity contribution in [1.82, 2.24) is 4.31 Å². The monoisotopic (exact) mass is 303 g/mol. The van der Waals surface area contributed by atoms with Crippen molar-refractivity contribution < 1.29 is 8.42 Å². The van der Waals surface area contributed by atoms with E-state index in [1.165, 1.54) is 11.3 Å². The second-order valence-corrected chi connectivity index (χ2v) is 8.30. The van der Waals surface area contributed by atoms with Crippen molar-refractivity contribution in [2.75, 3.05) is 6.54 Å². The lowest BCUT2D eigenvalue weighted by atomic mass is 10.0. The molecule has 0 fully saturated rings. The Morgan fingerprint density at radius 3 is 2.42 bits per heavy atom. The van der Waals surface area contributed by atoms with E-state index in [2.05, 4.69) is 20.8 Å². The molecule has 0 saturated heterocycles. The average Bonchev–Trinajstić information content (AvgIpc) is 2.87. The molecule has 0 aliphatic heterocycles. The number of rotatable bonds is 8. The van der Waals surface area contributed by atoms with Gasteiger partial charge in [0.2, 0.25) is 0 Å². The first kappa shape index (κ1) is 16.7. The van der Waals surface area contributed by atoms with Crippen LogP contribution in [0.1, 0.15) is 47.0 Å². The highest BCUT2D eigenvalue weighted by Gasteiger charge is 2.30. The van der Waals surface area contributed by atoms with E-state index in [4.69, 9.17) is 0 Å². The van der Waals surface area contributed by atoms with Crippen LogP contribution in [-0.4, -0.2) is 25.3 Å². The van der Waals surface area contributed by atoms with Gasteiger partial charge in [-0.3, -0.25) is 0 Å². The third-order valence-corrected chi connectivity index (χ3v) is 6.45. The fraction of sp³-hybridized carbons (Fsp3) is 0.714. The first-order valence-corrected chi connectivity index (χ1v) is 9.30. The van der Waals surface area contributed by atoms with Crippen molar-refractivity contribution in [1.29, 1.82) is 0 Å². The van der Waals surface area contributed by atoms with Gasteiger partial charge in [-0.1, -0.05) is 33.8 Å². The lowest BCUT2D eigenvalue weighted by Crippen LogP contribution is -2.41. The highest BCUT2D eigenvalue weighted by Crippen LogP contribution is 2.26. The molecule has 0 aliphatic rings. The van der Waals surface area contributed by atoms with Crippen LogP contribution in [0.15, 0.2) is 21.7 Å². The van der Waals surface area contributed by atoms with Gasteiger partial charge in [0.1, 0.15) is 4.21 Å². The van der Waals surface area contributed by atoms with Crippen LogP contribution >= 0.6 is 11.3 Å². The van der Waals surface area contributed by atoms with Crippen LogP contribution in [0.4, 0.5) is 0 Å². The van der Waals surface area contributed by atoms with Gasteiger partial charge in [0.25, 0.3) is 10.0 Å². The van der Waals surface area contributed by atoms with E-state index < -0.39 is 10.0 Å². The van der Waals surface area contributed by atoms with Gasteiger partial charge in [0.15, 0.2) is 0 Å². The Hall–Kier alpha value is -0.390. The number of hydrogen-bond acceptors (Lipinski definition) is 3. The fourth-order valence-electron chi connectivity index (χ4n) is 2.28. The van der Waals surface area contributed by atoms with E-state index in [1.54, 1.807) is 16.4 Å². The average molecular weight is 303 g/mol. The molecule has 3 nitrogen and oxygen atoms in total. The second kappa shape index (κ2) is 7.41. The molecular formula is C14H25NO2S2. The van der Waals surface area contributed by atoms with Crippen molar-refractivity contribution in [2.24, 2.45) is 5.92 Å². The molecule has 0 aromatic carbocycles. The number of sulfonamides is 1. The SMILES string of the molecule is CCCN(C(CC)CC(C)C)S(=O)(=O)c1cccs1. The molecular weight excluding hydrogens is 278 g/mol. The third kappa shape index (κ3) is 4.29. The van der Waals surface area contributed by atoms with Crippen molar-refractivity contribution in [3.63, 3.8) is 0 Å². The number of thiophene rings is 1. The largest absolute Gasteiger partial charge is 0.252 e. The normalized spacial score (nSPS) is 14.2. The van der Waals surface area contributed by atoms with E-state index in [-0.39, 0.29) is 6.04 Å². The molecule has 1 unspecified atom stereocenters. The molecule has 0 N–H and O–H groups in total. The Morgan fingerprint density at radius 1 is 1.32 bits per heavy atom. The van der Waals surface area contributed by atoms with Gasteiger partial charge < -0.3 is 0 Å². The quantitative estimate of drug-likeness (QED) is 0.728. The Kier molecular flexibility index (Phi) is 6.50. The van der Waals surface area contributed by atoms with Crippen molar-refractivity contribution in [3.8, 4) is 0 Å².